The molecular formula is C44H32N6. The van der Waals surface area contributed by atoms with E-state index in [0.29, 0.717) is 17.5 Å². The Kier molecular flexibility index (Phi) is 8.25. The number of aromatic nitrogens is 6. The molecule has 5 aromatic carbocycles. The van der Waals surface area contributed by atoms with Gasteiger partial charge in [0.1, 0.15) is 0 Å². The summed E-state index contributed by atoms with van der Waals surface area (Å²) in [6.45, 7) is 3.99. The van der Waals surface area contributed by atoms with Crippen LogP contribution in [0.5, 0.6) is 0 Å². The zero-order chi connectivity index (χ0) is 33.9. The maximum Gasteiger partial charge on any atom is 0.164 e. The van der Waals surface area contributed by atoms with E-state index in [1.54, 1.807) is 0 Å². The van der Waals surface area contributed by atoms with Crippen LogP contribution in [0.25, 0.3) is 79.1 Å². The Balaban J connectivity index is 1.27. The fourth-order valence-electron chi connectivity index (χ4n) is 6.06. The van der Waals surface area contributed by atoms with Gasteiger partial charge in [0.05, 0.1) is 5.69 Å². The van der Waals surface area contributed by atoms with Crippen molar-refractivity contribution in [3.63, 3.8) is 0 Å². The number of hydrogen-bond acceptors (Lipinski definition) is 6. The highest BCUT2D eigenvalue weighted by molar-refractivity contribution is 5.81. The van der Waals surface area contributed by atoms with Gasteiger partial charge in [-0.3, -0.25) is 4.98 Å². The zero-order valence-electron chi connectivity index (χ0n) is 27.7. The van der Waals surface area contributed by atoms with E-state index in [-0.39, 0.29) is 0 Å². The first-order chi connectivity index (χ1) is 24.6. The van der Waals surface area contributed by atoms with Crippen molar-refractivity contribution in [3.8, 4) is 79.1 Å². The second-order valence-electron chi connectivity index (χ2n) is 12.2. The first-order valence-corrected chi connectivity index (χ1v) is 16.5. The monoisotopic (exact) mass is 644 g/mol. The van der Waals surface area contributed by atoms with Crippen molar-refractivity contribution in [3.05, 3.63) is 169 Å². The second kappa shape index (κ2) is 13.5. The summed E-state index contributed by atoms with van der Waals surface area (Å²) in [5, 5.41) is 0. The molecule has 0 saturated carbocycles. The van der Waals surface area contributed by atoms with E-state index >= 15 is 0 Å². The van der Waals surface area contributed by atoms with E-state index in [9.17, 15) is 0 Å². The van der Waals surface area contributed by atoms with E-state index in [4.69, 9.17) is 15.0 Å². The fraction of sp³-hybridized carbons (Fsp3) is 0.0455. The number of pyridine rings is 1. The largest absolute Gasteiger partial charge is 0.256 e. The predicted molar refractivity (Wildman–Crippen MR) is 201 cm³/mol. The highest BCUT2D eigenvalue weighted by Gasteiger charge is 2.15. The van der Waals surface area contributed by atoms with Crippen molar-refractivity contribution in [1.29, 1.82) is 0 Å². The van der Waals surface area contributed by atoms with Crippen molar-refractivity contribution in [2.75, 3.05) is 0 Å². The first kappa shape index (κ1) is 30.7. The minimum Gasteiger partial charge on any atom is -0.256 e. The molecule has 0 spiro atoms. The highest BCUT2D eigenvalue weighted by Crippen LogP contribution is 2.35. The highest BCUT2D eigenvalue weighted by atomic mass is 15.0. The Hall–Kier alpha value is -6.66. The molecule has 0 N–H and O–H groups in total. The van der Waals surface area contributed by atoms with Gasteiger partial charge in [0.25, 0.3) is 0 Å². The van der Waals surface area contributed by atoms with Gasteiger partial charge in [0.2, 0.25) is 0 Å². The molecule has 0 atom stereocenters. The van der Waals surface area contributed by atoms with Gasteiger partial charge >= 0.3 is 0 Å². The van der Waals surface area contributed by atoms with Gasteiger partial charge in [-0.1, -0.05) is 115 Å². The van der Waals surface area contributed by atoms with E-state index in [1.807, 2.05) is 105 Å². The van der Waals surface area contributed by atoms with Crippen molar-refractivity contribution in [2.24, 2.45) is 0 Å². The molecule has 0 bridgehead atoms. The SMILES string of the molecule is Cc1cc(C)nc(-c2ccc(-c3cc(-c4ccc(-c5ccccn5)cc4)cc(-c4nc(-c5ccccc5)nc(-c5ccccc5)n4)c3)cc2)n1. The van der Waals surface area contributed by atoms with Crippen LogP contribution in [0.1, 0.15) is 11.4 Å². The van der Waals surface area contributed by atoms with Crippen LogP contribution in [0.2, 0.25) is 0 Å². The van der Waals surface area contributed by atoms with E-state index in [1.165, 1.54) is 0 Å². The van der Waals surface area contributed by atoms with Crippen LogP contribution in [-0.4, -0.2) is 29.9 Å². The molecule has 6 heteroatoms. The summed E-state index contributed by atoms with van der Waals surface area (Å²) in [6, 6.07) is 51.5. The van der Waals surface area contributed by atoms with Crippen molar-refractivity contribution < 1.29 is 0 Å². The van der Waals surface area contributed by atoms with Crippen LogP contribution < -0.4 is 0 Å². The zero-order valence-corrected chi connectivity index (χ0v) is 27.7. The average molecular weight is 645 g/mol. The summed E-state index contributed by atoms with van der Waals surface area (Å²) in [5.74, 6) is 2.58. The van der Waals surface area contributed by atoms with Gasteiger partial charge < -0.3 is 0 Å². The Morgan fingerprint density at radius 3 is 1.20 bits per heavy atom. The topological polar surface area (TPSA) is 77.3 Å². The van der Waals surface area contributed by atoms with Gasteiger partial charge in [-0.05, 0) is 72.5 Å². The van der Waals surface area contributed by atoms with Crippen molar-refractivity contribution in [2.45, 2.75) is 13.8 Å². The molecule has 0 unspecified atom stereocenters. The predicted octanol–water partition coefficient (Wildman–Crippen LogP) is 10.3. The Morgan fingerprint density at radius 1 is 0.300 bits per heavy atom. The summed E-state index contributed by atoms with van der Waals surface area (Å²) < 4.78 is 0. The van der Waals surface area contributed by atoms with E-state index in [0.717, 1.165) is 73.0 Å². The summed E-state index contributed by atoms with van der Waals surface area (Å²) in [5.41, 5.74) is 11.9. The molecule has 0 saturated heterocycles. The van der Waals surface area contributed by atoms with Crippen LogP contribution in [0.3, 0.4) is 0 Å². The minimum atomic E-state index is 0.603. The molecule has 6 nitrogen and oxygen atoms in total. The normalized spacial score (nSPS) is 11.0. The maximum absolute atomic E-state index is 5.05. The molecule has 3 aromatic heterocycles. The lowest BCUT2D eigenvalue weighted by molar-refractivity contribution is 1.06. The molecule has 0 aliphatic rings. The van der Waals surface area contributed by atoms with Gasteiger partial charge in [-0.25, -0.2) is 24.9 Å². The molecule has 0 aliphatic carbocycles. The van der Waals surface area contributed by atoms with Crippen LogP contribution in [0.15, 0.2) is 158 Å². The van der Waals surface area contributed by atoms with Gasteiger partial charge in [-0.2, -0.15) is 0 Å². The van der Waals surface area contributed by atoms with Crippen molar-refractivity contribution in [1.82, 2.24) is 29.9 Å². The number of hydrogen-bond donors (Lipinski definition) is 0. The minimum absolute atomic E-state index is 0.603. The van der Waals surface area contributed by atoms with E-state index in [2.05, 4.69) is 81.7 Å². The van der Waals surface area contributed by atoms with E-state index < -0.39 is 0 Å². The average Bonchev–Trinajstić information content (AvgIpc) is 3.18. The molecule has 0 amide bonds. The Morgan fingerprint density at radius 2 is 0.700 bits per heavy atom. The summed E-state index contributed by atoms with van der Waals surface area (Å²) in [4.78, 5) is 28.9. The molecule has 0 fully saturated rings. The molecule has 0 aliphatic heterocycles. The van der Waals surface area contributed by atoms with Gasteiger partial charge in [0, 0.05) is 45.4 Å². The quantitative estimate of drug-likeness (QED) is 0.172. The second-order valence-corrected chi connectivity index (χ2v) is 12.2. The number of rotatable bonds is 7. The summed E-state index contributed by atoms with van der Waals surface area (Å²) in [6.07, 6.45) is 1.82. The molecule has 50 heavy (non-hydrogen) atoms. The lowest BCUT2D eigenvalue weighted by atomic mass is 9.94. The summed E-state index contributed by atoms with van der Waals surface area (Å²) >= 11 is 0. The fourth-order valence-corrected chi connectivity index (χ4v) is 6.06. The van der Waals surface area contributed by atoms with Crippen LogP contribution in [0, 0.1) is 13.8 Å². The third-order valence-electron chi connectivity index (χ3n) is 8.53. The molecule has 8 aromatic rings. The molecule has 0 radical (unpaired) electrons. The molecule has 238 valence electrons. The van der Waals surface area contributed by atoms with Gasteiger partial charge in [0.15, 0.2) is 23.3 Å². The van der Waals surface area contributed by atoms with Crippen LogP contribution in [0.4, 0.5) is 0 Å². The maximum atomic E-state index is 5.05. The standard InChI is InChI=1S/C44H32N6/c1-29-25-30(2)47-41(46-29)36-22-18-32(19-23-36)38-26-37(31-16-20-33(21-17-31)40-15-9-10-24-45-40)27-39(28-38)44-49-42(34-11-5-3-6-12-34)48-43(50-44)35-13-7-4-8-14-35/h3-28H,1-2H3. The number of benzene rings is 5. The number of aryl methyl sites for hydroxylation is 2. The smallest absolute Gasteiger partial charge is 0.164 e. The molecular weight excluding hydrogens is 613 g/mol. The first-order valence-electron chi connectivity index (χ1n) is 16.5. The third-order valence-corrected chi connectivity index (χ3v) is 8.53. The Labute approximate surface area is 291 Å². The van der Waals surface area contributed by atoms with Crippen LogP contribution in [-0.2, 0) is 0 Å². The van der Waals surface area contributed by atoms with Gasteiger partial charge in [-0.15, -0.1) is 0 Å². The van der Waals surface area contributed by atoms with Crippen molar-refractivity contribution >= 4 is 0 Å². The molecule has 3 heterocycles. The summed E-state index contributed by atoms with van der Waals surface area (Å²) in [7, 11) is 0. The van der Waals surface area contributed by atoms with Crippen LogP contribution >= 0.6 is 0 Å². The Bertz CT molecular complexity index is 2330. The molecule has 8 rings (SSSR count). The number of nitrogens with zero attached hydrogens (tertiary/aromatic N) is 6. The third kappa shape index (κ3) is 6.55. The lowest BCUT2D eigenvalue weighted by Gasteiger charge is -2.13. The lowest BCUT2D eigenvalue weighted by Crippen LogP contribution is -2.00.